The Kier molecular flexibility index (Phi) is 8.07. The predicted octanol–water partition coefficient (Wildman–Crippen LogP) is 2.42. The highest BCUT2D eigenvalue weighted by molar-refractivity contribution is 5.91. The molecule has 2 aliphatic rings. The smallest absolute Gasteiger partial charge is 0.326 e. The van der Waals surface area contributed by atoms with Gasteiger partial charge in [0.15, 0.2) is 5.76 Å². The summed E-state index contributed by atoms with van der Waals surface area (Å²) < 4.78 is 18.8. The van der Waals surface area contributed by atoms with Crippen molar-refractivity contribution >= 4 is 16.9 Å². The summed E-state index contributed by atoms with van der Waals surface area (Å²) in [6.45, 7) is 6.31. The van der Waals surface area contributed by atoms with Crippen LogP contribution in [0, 0.1) is 11.8 Å². The van der Waals surface area contributed by atoms with Crippen molar-refractivity contribution in [2.24, 2.45) is 11.8 Å². The molecule has 1 saturated heterocycles. The van der Waals surface area contributed by atoms with E-state index >= 15 is 0 Å². The summed E-state index contributed by atoms with van der Waals surface area (Å²) in [5.41, 5.74) is 1.63. The molecule has 186 valence electrons. The zero-order chi connectivity index (χ0) is 24.1. The lowest BCUT2D eigenvalue weighted by atomic mass is 9.90. The molecule has 34 heavy (non-hydrogen) atoms. The highest BCUT2D eigenvalue weighted by atomic mass is 16.7. The van der Waals surface area contributed by atoms with Crippen LogP contribution in [0.4, 0.5) is 0 Å². The van der Waals surface area contributed by atoms with E-state index in [1.54, 1.807) is 0 Å². The standard InChI is InChI=1S/C25H35N3O6/c1-17(2)18-15-22(34-23(16-18)33-14-13-32-12-11-29)24(30)27-9-7-19(8-10-27)28-21-6-4-3-5-20(21)26-25(28)31/h3-6,15,17-19,23,29H,7-14,16H2,1-2H3,(H,26,31)/t18-,23+/m0/s1. The van der Waals surface area contributed by atoms with Gasteiger partial charge >= 0.3 is 5.69 Å². The molecule has 0 spiro atoms. The van der Waals surface area contributed by atoms with E-state index in [-0.39, 0.29) is 36.8 Å². The van der Waals surface area contributed by atoms with E-state index in [4.69, 9.17) is 19.3 Å². The van der Waals surface area contributed by atoms with E-state index in [2.05, 4.69) is 18.8 Å². The van der Waals surface area contributed by atoms with Crippen molar-refractivity contribution in [1.82, 2.24) is 14.5 Å². The molecule has 0 radical (unpaired) electrons. The predicted molar refractivity (Wildman–Crippen MR) is 127 cm³/mol. The number of carbonyl (C=O) groups excluding carboxylic acids is 1. The van der Waals surface area contributed by atoms with Gasteiger partial charge in [0.05, 0.1) is 37.5 Å². The van der Waals surface area contributed by atoms with Crippen LogP contribution in [0.1, 0.15) is 39.2 Å². The molecule has 1 fully saturated rings. The van der Waals surface area contributed by atoms with Crippen LogP contribution in [0.5, 0.6) is 0 Å². The van der Waals surface area contributed by atoms with Gasteiger partial charge in [0, 0.05) is 25.6 Å². The van der Waals surface area contributed by atoms with Crippen LogP contribution in [0.2, 0.25) is 0 Å². The van der Waals surface area contributed by atoms with Gasteiger partial charge in [0.2, 0.25) is 6.29 Å². The molecule has 1 amide bonds. The number of aromatic amines is 1. The van der Waals surface area contributed by atoms with Gasteiger partial charge < -0.3 is 29.2 Å². The first-order chi connectivity index (χ1) is 16.5. The number of aliphatic hydroxyl groups excluding tert-OH is 1. The molecule has 3 heterocycles. The molecule has 0 bridgehead atoms. The average molecular weight is 474 g/mol. The van der Waals surface area contributed by atoms with Crippen LogP contribution in [0.3, 0.4) is 0 Å². The van der Waals surface area contributed by atoms with Crippen molar-refractivity contribution in [3.05, 3.63) is 46.6 Å². The third-order valence-corrected chi connectivity index (χ3v) is 6.66. The SMILES string of the molecule is CC(C)[C@H]1C=C(C(=O)N2CCC(n3c(=O)[nH]c4ccccc43)CC2)O[C@@H](OCCOCCO)C1. The first kappa shape index (κ1) is 24.5. The summed E-state index contributed by atoms with van der Waals surface area (Å²) in [4.78, 5) is 30.6. The summed E-state index contributed by atoms with van der Waals surface area (Å²) in [5, 5.41) is 8.80. The minimum absolute atomic E-state index is 0.0254. The first-order valence-electron chi connectivity index (χ1n) is 12.1. The van der Waals surface area contributed by atoms with E-state index in [0.29, 0.717) is 57.2 Å². The number of imidazole rings is 1. The number of likely N-dealkylation sites (tertiary alicyclic amines) is 1. The molecular formula is C25H35N3O6. The van der Waals surface area contributed by atoms with Crippen molar-refractivity contribution < 1.29 is 24.1 Å². The lowest BCUT2D eigenvalue weighted by Gasteiger charge is -2.36. The minimum Gasteiger partial charge on any atom is -0.459 e. The first-order valence-corrected chi connectivity index (χ1v) is 12.1. The van der Waals surface area contributed by atoms with Gasteiger partial charge in [0.1, 0.15) is 0 Å². The summed E-state index contributed by atoms with van der Waals surface area (Å²) in [7, 11) is 0. The van der Waals surface area contributed by atoms with E-state index in [9.17, 15) is 9.59 Å². The number of ether oxygens (including phenoxy) is 3. The van der Waals surface area contributed by atoms with E-state index < -0.39 is 6.29 Å². The van der Waals surface area contributed by atoms with Gasteiger partial charge in [0.25, 0.3) is 5.91 Å². The third kappa shape index (κ3) is 5.54. The number of para-hydroxylation sites is 2. The van der Waals surface area contributed by atoms with Crippen LogP contribution in [0.15, 0.2) is 40.9 Å². The average Bonchev–Trinajstić information content (AvgIpc) is 3.19. The monoisotopic (exact) mass is 473 g/mol. The molecule has 0 aliphatic carbocycles. The Labute approximate surface area is 199 Å². The molecule has 2 aliphatic heterocycles. The number of aliphatic hydroxyl groups is 1. The number of nitrogens with zero attached hydrogens (tertiary/aromatic N) is 2. The Morgan fingerprint density at radius 3 is 2.71 bits per heavy atom. The number of hydrogen-bond donors (Lipinski definition) is 2. The molecule has 2 N–H and O–H groups in total. The summed E-state index contributed by atoms with van der Waals surface area (Å²) in [6.07, 6.45) is 3.52. The van der Waals surface area contributed by atoms with Crippen LogP contribution >= 0.6 is 0 Å². The molecule has 9 heteroatoms. The van der Waals surface area contributed by atoms with Gasteiger partial charge in [-0.25, -0.2) is 4.79 Å². The van der Waals surface area contributed by atoms with E-state index in [0.717, 1.165) is 11.0 Å². The second-order valence-electron chi connectivity index (χ2n) is 9.27. The molecule has 9 nitrogen and oxygen atoms in total. The van der Waals surface area contributed by atoms with Crippen LogP contribution < -0.4 is 5.69 Å². The number of fused-ring (bicyclic) bond motifs is 1. The van der Waals surface area contributed by atoms with Crippen LogP contribution in [-0.2, 0) is 19.0 Å². The van der Waals surface area contributed by atoms with Crippen molar-refractivity contribution in [3.63, 3.8) is 0 Å². The number of amides is 1. The number of hydrogen-bond acceptors (Lipinski definition) is 6. The number of allylic oxidation sites excluding steroid dienone is 1. The third-order valence-electron chi connectivity index (χ3n) is 6.66. The van der Waals surface area contributed by atoms with Gasteiger partial charge in [-0.05, 0) is 42.9 Å². The van der Waals surface area contributed by atoms with Gasteiger partial charge in [-0.2, -0.15) is 0 Å². The molecule has 1 aromatic carbocycles. The number of nitrogens with one attached hydrogen (secondary N) is 1. The van der Waals surface area contributed by atoms with Crippen molar-refractivity contribution in [1.29, 1.82) is 0 Å². The second-order valence-corrected chi connectivity index (χ2v) is 9.27. The summed E-state index contributed by atoms with van der Waals surface area (Å²) in [6, 6.07) is 7.74. The number of carbonyl (C=O) groups is 1. The highest BCUT2D eigenvalue weighted by Crippen LogP contribution is 2.31. The maximum atomic E-state index is 13.3. The summed E-state index contributed by atoms with van der Waals surface area (Å²) in [5.74, 6) is 0.746. The molecule has 0 unspecified atom stereocenters. The maximum absolute atomic E-state index is 13.3. The molecule has 2 atom stereocenters. The zero-order valence-corrected chi connectivity index (χ0v) is 19.9. The molecule has 1 aromatic heterocycles. The van der Waals surface area contributed by atoms with Gasteiger partial charge in [-0.1, -0.05) is 26.0 Å². The van der Waals surface area contributed by atoms with Crippen LogP contribution in [-0.4, -0.2) is 71.3 Å². The van der Waals surface area contributed by atoms with Crippen molar-refractivity contribution in [3.8, 4) is 0 Å². The Bertz CT molecular complexity index is 1050. The number of aromatic nitrogens is 2. The number of benzene rings is 1. The fourth-order valence-electron chi connectivity index (χ4n) is 4.73. The lowest BCUT2D eigenvalue weighted by molar-refractivity contribution is -0.161. The van der Waals surface area contributed by atoms with Crippen LogP contribution in [0.25, 0.3) is 11.0 Å². The maximum Gasteiger partial charge on any atom is 0.326 e. The van der Waals surface area contributed by atoms with Gasteiger partial charge in [-0.15, -0.1) is 0 Å². The van der Waals surface area contributed by atoms with E-state index in [1.165, 1.54) is 0 Å². The molecule has 4 rings (SSSR count). The topological polar surface area (TPSA) is 106 Å². The highest BCUT2D eigenvalue weighted by Gasteiger charge is 2.33. The fraction of sp³-hybridized carbons (Fsp3) is 0.600. The Balaban J connectivity index is 1.38. The lowest BCUT2D eigenvalue weighted by Crippen LogP contribution is -2.43. The van der Waals surface area contributed by atoms with Gasteiger partial charge in [-0.3, -0.25) is 9.36 Å². The number of piperidine rings is 1. The molecular weight excluding hydrogens is 438 g/mol. The number of rotatable bonds is 9. The minimum atomic E-state index is -0.503. The van der Waals surface area contributed by atoms with E-state index in [1.807, 2.05) is 39.8 Å². The Hall–Kier alpha value is -2.62. The normalized spacial score (nSPS) is 21.6. The Morgan fingerprint density at radius 1 is 1.21 bits per heavy atom. The largest absolute Gasteiger partial charge is 0.459 e. The second kappa shape index (κ2) is 11.2. The number of H-pyrrole nitrogens is 1. The molecule has 2 aromatic rings. The summed E-state index contributed by atoms with van der Waals surface area (Å²) >= 11 is 0. The van der Waals surface area contributed by atoms with Crippen molar-refractivity contribution in [2.75, 3.05) is 39.5 Å². The van der Waals surface area contributed by atoms with Crippen molar-refractivity contribution in [2.45, 2.75) is 45.4 Å². The Morgan fingerprint density at radius 2 is 1.97 bits per heavy atom. The molecule has 0 saturated carbocycles. The zero-order valence-electron chi connectivity index (χ0n) is 19.9. The fourth-order valence-corrected chi connectivity index (χ4v) is 4.73. The quantitative estimate of drug-likeness (QED) is 0.542.